The van der Waals surface area contributed by atoms with Gasteiger partial charge in [-0.3, -0.25) is 4.98 Å². The zero-order valence-electron chi connectivity index (χ0n) is 9.47. The smallest absolute Gasteiger partial charge is 0.404 e. The molecule has 17 heavy (non-hydrogen) atoms. The van der Waals surface area contributed by atoms with Gasteiger partial charge in [-0.05, 0) is 25.7 Å². The van der Waals surface area contributed by atoms with Crippen LogP contribution in [0.5, 0.6) is 0 Å². The lowest BCUT2D eigenvalue weighted by Gasteiger charge is -2.29. The van der Waals surface area contributed by atoms with Gasteiger partial charge in [-0.25, -0.2) is 9.78 Å². The number of carboxylic acid groups (broad SMARTS) is 1. The monoisotopic (exact) mass is 236 g/mol. The minimum atomic E-state index is -0.949. The second kappa shape index (κ2) is 5.47. The van der Waals surface area contributed by atoms with E-state index < -0.39 is 6.09 Å². The van der Waals surface area contributed by atoms with Crippen LogP contribution < -0.4 is 10.6 Å². The van der Waals surface area contributed by atoms with Crippen LogP contribution in [0, 0.1) is 0 Å². The van der Waals surface area contributed by atoms with Crippen molar-refractivity contribution in [2.24, 2.45) is 0 Å². The predicted octanol–water partition coefficient (Wildman–Crippen LogP) is 1.47. The van der Waals surface area contributed by atoms with Crippen LogP contribution in [0.3, 0.4) is 0 Å². The molecule has 0 unspecified atom stereocenters. The lowest BCUT2D eigenvalue weighted by atomic mass is 9.91. The quantitative estimate of drug-likeness (QED) is 0.739. The first-order valence-corrected chi connectivity index (χ1v) is 5.76. The van der Waals surface area contributed by atoms with E-state index in [2.05, 4.69) is 20.6 Å². The van der Waals surface area contributed by atoms with Crippen molar-refractivity contribution < 1.29 is 9.90 Å². The van der Waals surface area contributed by atoms with Gasteiger partial charge in [0, 0.05) is 24.5 Å². The molecule has 1 fully saturated rings. The largest absolute Gasteiger partial charge is 0.465 e. The van der Waals surface area contributed by atoms with Crippen molar-refractivity contribution in [3.63, 3.8) is 0 Å². The van der Waals surface area contributed by atoms with Gasteiger partial charge in [-0.15, -0.1) is 0 Å². The minimum Gasteiger partial charge on any atom is -0.465 e. The zero-order chi connectivity index (χ0) is 12.1. The number of nitrogens with zero attached hydrogens (tertiary/aromatic N) is 2. The molecular formula is C11H16N4O2. The van der Waals surface area contributed by atoms with Crippen molar-refractivity contribution in [2.75, 3.05) is 5.32 Å². The second-order valence-electron chi connectivity index (χ2n) is 4.24. The lowest BCUT2D eigenvalue weighted by molar-refractivity contribution is 0.185. The molecule has 2 atom stereocenters. The first-order valence-electron chi connectivity index (χ1n) is 5.76. The minimum absolute atomic E-state index is 0.0374. The molecule has 92 valence electrons. The first kappa shape index (κ1) is 11.6. The van der Waals surface area contributed by atoms with Crippen LogP contribution in [0.25, 0.3) is 0 Å². The highest BCUT2D eigenvalue weighted by molar-refractivity contribution is 5.64. The van der Waals surface area contributed by atoms with Gasteiger partial charge in [0.15, 0.2) is 0 Å². The summed E-state index contributed by atoms with van der Waals surface area (Å²) in [5.41, 5.74) is 0. The van der Waals surface area contributed by atoms with Gasteiger partial charge in [0.05, 0.1) is 6.20 Å². The van der Waals surface area contributed by atoms with Crippen LogP contribution >= 0.6 is 0 Å². The third kappa shape index (κ3) is 3.58. The topological polar surface area (TPSA) is 87.1 Å². The van der Waals surface area contributed by atoms with Crippen molar-refractivity contribution in [3.8, 4) is 0 Å². The molecule has 0 saturated heterocycles. The van der Waals surface area contributed by atoms with E-state index in [0.717, 1.165) is 31.5 Å². The first-order chi connectivity index (χ1) is 8.24. The highest BCUT2D eigenvalue weighted by Crippen LogP contribution is 2.21. The van der Waals surface area contributed by atoms with Crippen molar-refractivity contribution in [1.29, 1.82) is 0 Å². The molecule has 1 aliphatic carbocycles. The van der Waals surface area contributed by atoms with Gasteiger partial charge in [-0.1, -0.05) is 0 Å². The Labute approximate surface area is 99.5 Å². The van der Waals surface area contributed by atoms with Crippen molar-refractivity contribution in [3.05, 3.63) is 18.6 Å². The average molecular weight is 236 g/mol. The van der Waals surface area contributed by atoms with Crippen LogP contribution in [0.1, 0.15) is 25.7 Å². The molecule has 1 aromatic rings. The maximum atomic E-state index is 10.6. The Hall–Kier alpha value is -1.85. The summed E-state index contributed by atoms with van der Waals surface area (Å²) in [4.78, 5) is 18.7. The molecule has 2 rings (SSSR count). The number of anilines is 1. The number of aromatic nitrogens is 2. The number of rotatable bonds is 3. The van der Waals surface area contributed by atoms with E-state index in [1.165, 1.54) is 0 Å². The fourth-order valence-corrected chi connectivity index (χ4v) is 2.21. The highest BCUT2D eigenvalue weighted by Gasteiger charge is 2.23. The summed E-state index contributed by atoms with van der Waals surface area (Å²) in [6.07, 6.45) is 7.74. The van der Waals surface area contributed by atoms with E-state index in [9.17, 15) is 4.79 Å². The molecule has 0 spiro atoms. The molecule has 6 heteroatoms. The van der Waals surface area contributed by atoms with Gasteiger partial charge < -0.3 is 15.7 Å². The number of nitrogens with one attached hydrogen (secondary N) is 2. The SMILES string of the molecule is O=C(O)N[C@H]1CCC[C@@H](Nc2cnccn2)C1. The molecule has 1 aliphatic rings. The second-order valence-corrected chi connectivity index (χ2v) is 4.24. The van der Waals surface area contributed by atoms with E-state index >= 15 is 0 Å². The normalized spacial score (nSPS) is 24.0. The molecule has 3 N–H and O–H groups in total. The van der Waals surface area contributed by atoms with Crippen LogP contribution in [-0.2, 0) is 0 Å². The summed E-state index contributed by atoms with van der Waals surface area (Å²) in [6, 6.07) is 0.299. The van der Waals surface area contributed by atoms with Crippen LogP contribution in [0.15, 0.2) is 18.6 Å². The molecule has 1 aromatic heterocycles. The van der Waals surface area contributed by atoms with E-state index in [1.807, 2.05) is 0 Å². The predicted molar refractivity (Wildman–Crippen MR) is 62.9 cm³/mol. The molecule has 0 aromatic carbocycles. The van der Waals surface area contributed by atoms with Crippen LogP contribution in [-0.4, -0.2) is 33.3 Å². The molecule has 0 bridgehead atoms. The lowest BCUT2D eigenvalue weighted by Crippen LogP contribution is -2.41. The molecule has 6 nitrogen and oxygen atoms in total. The van der Waals surface area contributed by atoms with Crippen LogP contribution in [0.4, 0.5) is 10.6 Å². The number of carbonyl (C=O) groups is 1. The maximum Gasteiger partial charge on any atom is 0.404 e. The van der Waals surface area contributed by atoms with E-state index in [0.29, 0.717) is 0 Å². The van der Waals surface area contributed by atoms with Crippen molar-refractivity contribution in [1.82, 2.24) is 15.3 Å². The standard InChI is InChI=1S/C11H16N4O2/c16-11(17)15-9-3-1-2-8(6-9)14-10-7-12-4-5-13-10/h4-5,7-9,15H,1-3,6H2,(H,13,14)(H,16,17)/t8-,9+/m1/s1. The summed E-state index contributed by atoms with van der Waals surface area (Å²) in [6.45, 7) is 0. The fourth-order valence-electron chi connectivity index (χ4n) is 2.21. The molecular weight excluding hydrogens is 220 g/mol. The van der Waals surface area contributed by atoms with Gasteiger partial charge in [-0.2, -0.15) is 0 Å². The molecule has 1 heterocycles. The Kier molecular flexibility index (Phi) is 3.74. The Morgan fingerprint density at radius 3 is 2.88 bits per heavy atom. The van der Waals surface area contributed by atoms with Gasteiger partial charge >= 0.3 is 6.09 Å². The number of amides is 1. The summed E-state index contributed by atoms with van der Waals surface area (Å²) >= 11 is 0. The summed E-state index contributed by atoms with van der Waals surface area (Å²) in [5.74, 6) is 0.744. The Morgan fingerprint density at radius 1 is 1.35 bits per heavy atom. The Morgan fingerprint density at radius 2 is 2.18 bits per heavy atom. The maximum absolute atomic E-state index is 10.6. The van der Waals surface area contributed by atoms with Crippen LogP contribution in [0.2, 0.25) is 0 Å². The molecule has 1 saturated carbocycles. The van der Waals surface area contributed by atoms with Gasteiger partial charge in [0.2, 0.25) is 0 Å². The van der Waals surface area contributed by atoms with Crippen molar-refractivity contribution in [2.45, 2.75) is 37.8 Å². The Bertz CT molecular complexity index is 371. The van der Waals surface area contributed by atoms with E-state index in [4.69, 9.17) is 5.11 Å². The fraction of sp³-hybridized carbons (Fsp3) is 0.545. The molecule has 0 aliphatic heterocycles. The summed E-state index contributed by atoms with van der Waals surface area (Å²) in [5, 5.41) is 14.5. The highest BCUT2D eigenvalue weighted by atomic mass is 16.4. The summed E-state index contributed by atoms with van der Waals surface area (Å²) < 4.78 is 0. The number of hydrogen-bond donors (Lipinski definition) is 3. The Balaban J connectivity index is 1.87. The third-order valence-electron chi connectivity index (χ3n) is 2.92. The average Bonchev–Trinajstić information content (AvgIpc) is 2.30. The van der Waals surface area contributed by atoms with E-state index in [-0.39, 0.29) is 12.1 Å². The van der Waals surface area contributed by atoms with Gasteiger partial charge in [0.25, 0.3) is 0 Å². The molecule has 1 amide bonds. The molecule has 0 radical (unpaired) electrons. The number of hydrogen-bond acceptors (Lipinski definition) is 4. The zero-order valence-corrected chi connectivity index (χ0v) is 9.47. The van der Waals surface area contributed by atoms with Crippen molar-refractivity contribution >= 4 is 11.9 Å². The summed E-state index contributed by atoms with van der Waals surface area (Å²) in [7, 11) is 0. The van der Waals surface area contributed by atoms with Gasteiger partial charge in [0.1, 0.15) is 5.82 Å². The third-order valence-corrected chi connectivity index (χ3v) is 2.92. The van der Waals surface area contributed by atoms with E-state index in [1.54, 1.807) is 18.6 Å².